The van der Waals surface area contributed by atoms with Gasteiger partial charge in [0.2, 0.25) is 45.2 Å². The van der Waals surface area contributed by atoms with Crippen LogP contribution in [0.5, 0.6) is 121 Å². The average Bonchev–Trinajstić information content (AvgIpc) is 3.69. The number of hydrogen-bond acceptors (Lipinski definition) is 21. The molecule has 0 radical (unpaired) electrons. The zero-order valence-corrected chi connectivity index (χ0v) is 34.9. The van der Waals surface area contributed by atoms with Gasteiger partial charge in [-0.15, -0.1) is 0 Å². The summed E-state index contributed by atoms with van der Waals surface area (Å²) >= 11 is 0. The number of fused-ring (bicyclic) bond motifs is 11. The molecule has 0 saturated carbocycles. The monoisotopic (exact) mass is 954 g/mol. The van der Waals surface area contributed by atoms with Crippen molar-refractivity contribution in [3.63, 3.8) is 0 Å². The first-order valence-corrected chi connectivity index (χ1v) is 20.3. The third-order valence-corrected chi connectivity index (χ3v) is 11.0. The Hall–Kier alpha value is -10.4. The summed E-state index contributed by atoms with van der Waals surface area (Å²) in [5.74, 6) is -5.00. The van der Waals surface area contributed by atoms with E-state index in [1.807, 2.05) is 0 Å². The lowest BCUT2D eigenvalue weighted by molar-refractivity contribution is 0.311. The quantitative estimate of drug-likeness (QED) is 0.0443. The molecular weight excluding hydrogens is 925 g/mol. The van der Waals surface area contributed by atoms with Crippen molar-refractivity contribution in [1.82, 2.24) is 0 Å². The van der Waals surface area contributed by atoms with Crippen molar-refractivity contribution in [2.75, 3.05) is 0 Å². The van der Waals surface area contributed by atoms with E-state index in [2.05, 4.69) is 0 Å². The van der Waals surface area contributed by atoms with Crippen molar-refractivity contribution in [2.45, 2.75) is 6.42 Å². The molecule has 21 nitrogen and oxygen atoms in total. The first-order valence-electron chi connectivity index (χ1n) is 20.3. The molecule has 0 bridgehead atoms. The van der Waals surface area contributed by atoms with Crippen LogP contribution in [0.3, 0.4) is 0 Å². The number of hydrogen-bond donors (Lipinski definition) is 13. The largest absolute Gasteiger partial charge is 0.508 e. The van der Waals surface area contributed by atoms with E-state index in [0.29, 0.717) is 16.7 Å². The Morgan fingerprint density at radius 2 is 0.914 bits per heavy atom. The Morgan fingerprint density at radius 3 is 1.56 bits per heavy atom. The van der Waals surface area contributed by atoms with Crippen molar-refractivity contribution < 1.29 is 103 Å². The molecule has 12 rings (SSSR count). The zero-order valence-electron chi connectivity index (χ0n) is 34.9. The SMILES string of the molecule is Oc1cc(O)c2oc3cc(O)c4oc5cc(O)cc(O)c5oc4c3oc2c1.Oc1cc(O)cc(Oc2cc(O)c(O)c3c2Oc2ccc4c(c2O3)-c2c(O)cc(O)c(Oc3cc(O)cc(O)c3)c2C4)c1. The highest BCUT2D eigenvalue weighted by molar-refractivity contribution is 6.02. The molecule has 0 saturated heterocycles. The van der Waals surface area contributed by atoms with Gasteiger partial charge in [0.25, 0.3) is 0 Å². The Kier molecular flexibility index (Phi) is 9.23. The molecule has 2 aliphatic rings. The minimum absolute atomic E-state index is 0.000574. The van der Waals surface area contributed by atoms with Crippen molar-refractivity contribution in [3.8, 4) is 132 Å². The first-order chi connectivity index (χ1) is 33.5. The zero-order chi connectivity index (χ0) is 49.0. The second-order valence-corrected chi connectivity index (χ2v) is 15.8. The molecule has 0 atom stereocenters. The van der Waals surface area contributed by atoms with Crippen molar-refractivity contribution >= 4 is 44.7 Å². The Labute approximate surface area is 387 Å². The lowest BCUT2D eigenvalue weighted by atomic mass is 10.0. The summed E-state index contributed by atoms with van der Waals surface area (Å²) < 4.78 is 46.2. The van der Waals surface area contributed by atoms with Crippen LogP contribution in [0.4, 0.5) is 0 Å². The predicted molar refractivity (Wildman–Crippen MR) is 239 cm³/mol. The summed E-state index contributed by atoms with van der Waals surface area (Å²) in [6, 6.07) is 18.3. The van der Waals surface area contributed by atoms with Gasteiger partial charge in [-0.25, -0.2) is 0 Å². The van der Waals surface area contributed by atoms with Gasteiger partial charge < -0.3 is 103 Å². The molecule has 13 N–H and O–H groups in total. The van der Waals surface area contributed by atoms with Crippen LogP contribution in [0.15, 0.2) is 109 Å². The Bertz CT molecular complexity index is 3890. The van der Waals surface area contributed by atoms with E-state index >= 15 is 0 Å². The molecule has 70 heavy (non-hydrogen) atoms. The lowest BCUT2D eigenvalue weighted by Crippen LogP contribution is -2.03. The number of phenols is 13. The molecule has 21 heteroatoms. The lowest BCUT2D eigenvalue weighted by Gasteiger charge is -2.25. The molecule has 0 unspecified atom stereocenters. The van der Waals surface area contributed by atoms with E-state index in [1.54, 1.807) is 12.1 Å². The van der Waals surface area contributed by atoms with Crippen LogP contribution >= 0.6 is 0 Å². The molecule has 0 fully saturated rings. The van der Waals surface area contributed by atoms with Crippen molar-refractivity contribution in [3.05, 3.63) is 102 Å². The van der Waals surface area contributed by atoms with Gasteiger partial charge in [-0.1, -0.05) is 6.07 Å². The highest BCUT2D eigenvalue weighted by Gasteiger charge is 2.37. The van der Waals surface area contributed by atoms with Gasteiger partial charge in [0.05, 0.1) is 0 Å². The van der Waals surface area contributed by atoms with E-state index in [-0.39, 0.29) is 160 Å². The van der Waals surface area contributed by atoms with E-state index in [9.17, 15) is 66.4 Å². The maximum absolute atomic E-state index is 10.9. The average molecular weight is 955 g/mol. The van der Waals surface area contributed by atoms with Crippen LogP contribution in [-0.4, -0.2) is 66.4 Å². The van der Waals surface area contributed by atoms with Crippen LogP contribution in [0.2, 0.25) is 0 Å². The third kappa shape index (κ3) is 6.97. The van der Waals surface area contributed by atoms with Gasteiger partial charge in [-0.2, -0.15) is 0 Å². The van der Waals surface area contributed by atoms with E-state index in [4.69, 9.17) is 36.6 Å². The Balaban J connectivity index is 0.000000169. The second-order valence-electron chi connectivity index (χ2n) is 15.8. The van der Waals surface area contributed by atoms with Gasteiger partial charge in [0, 0.05) is 102 Å². The molecule has 1 aliphatic heterocycles. The molecule has 3 heterocycles. The van der Waals surface area contributed by atoms with Crippen LogP contribution in [-0.2, 0) is 6.42 Å². The van der Waals surface area contributed by atoms with Gasteiger partial charge in [0.1, 0.15) is 51.7 Å². The summed E-state index contributed by atoms with van der Waals surface area (Å²) in [5, 5.41) is 132. The normalized spacial score (nSPS) is 12.1. The molecule has 8 aromatic carbocycles. The van der Waals surface area contributed by atoms with Gasteiger partial charge in [-0.05, 0) is 11.6 Å². The summed E-state index contributed by atoms with van der Waals surface area (Å²) in [7, 11) is 0. The number of aromatic hydroxyl groups is 13. The third-order valence-electron chi connectivity index (χ3n) is 11.0. The van der Waals surface area contributed by atoms with Crippen LogP contribution < -0.4 is 18.9 Å². The summed E-state index contributed by atoms with van der Waals surface area (Å²) in [4.78, 5) is 0. The highest BCUT2D eigenvalue weighted by atomic mass is 16.6. The molecule has 2 aromatic heterocycles. The second kappa shape index (κ2) is 15.3. The highest BCUT2D eigenvalue weighted by Crippen LogP contribution is 2.63. The van der Waals surface area contributed by atoms with Gasteiger partial charge in [0.15, 0.2) is 68.5 Å². The van der Waals surface area contributed by atoms with Gasteiger partial charge in [-0.3, -0.25) is 0 Å². The van der Waals surface area contributed by atoms with E-state index in [1.165, 1.54) is 42.5 Å². The summed E-state index contributed by atoms with van der Waals surface area (Å²) in [5.41, 5.74) is 1.26. The fraction of sp³-hybridized carbons (Fsp3) is 0.0204. The predicted octanol–water partition coefficient (Wildman–Crippen LogP) is 10.7. The fourth-order valence-corrected chi connectivity index (χ4v) is 8.11. The summed E-state index contributed by atoms with van der Waals surface area (Å²) in [6.45, 7) is 0. The number of benzene rings is 8. The maximum atomic E-state index is 10.9. The molecule has 1 aliphatic carbocycles. The number of rotatable bonds is 4. The molecule has 0 amide bonds. The smallest absolute Gasteiger partial charge is 0.220 e. The van der Waals surface area contributed by atoms with Crippen LogP contribution in [0, 0.1) is 0 Å². The fourth-order valence-electron chi connectivity index (χ4n) is 8.11. The van der Waals surface area contributed by atoms with Crippen molar-refractivity contribution in [1.29, 1.82) is 0 Å². The first kappa shape index (κ1) is 42.2. The minimum Gasteiger partial charge on any atom is -0.508 e. The molecule has 10 aromatic rings. The maximum Gasteiger partial charge on any atom is 0.220 e. The number of phenolic OH excluding ortho intramolecular Hbond substituents is 13. The molecule has 352 valence electrons. The Morgan fingerprint density at radius 1 is 0.371 bits per heavy atom. The van der Waals surface area contributed by atoms with Crippen LogP contribution in [0.25, 0.3) is 55.8 Å². The van der Waals surface area contributed by atoms with Crippen LogP contribution in [0.1, 0.15) is 11.1 Å². The summed E-state index contributed by atoms with van der Waals surface area (Å²) in [6.07, 6.45) is 0.164. The van der Waals surface area contributed by atoms with Gasteiger partial charge >= 0.3 is 0 Å². The number of ether oxygens (including phenoxy) is 4. The molecule has 0 spiro atoms. The van der Waals surface area contributed by atoms with Crippen molar-refractivity contribution in [2.24, 2.45) is 0 Å². The minimum atomic E-state index is -0.662. The standard InChI is InChI=1S/C31H20O12.C18H10O9/c32-13-4-14(33)7-17(6-13)40-24-11-21(37)27(39)31-30(24)42-23-2-1-12-3-19-26(25(12)29(23)43-31)20(36)10-22(38)28(19)41-18-8-15(34)5-16(35)9-18;19-6-1-8(21)14-11(3-6)26-17-13(24-14)5-10(23)16-18(17)27-15-9(22)2-7(20)4-12(15)25-16/h1-2,4-11,32-39H,3H2;1-5,19-23H. The van der Waals surface area contributed by atoms with E-state index in [0.717, 1.165) is 36.4 Å². The molecular formula is C49H30O21. The topological polar surface area (TPSA) is 352 Å². The van der Waals surface area contributed by atoms with E-state index < -0.39 is 17.2 Å².